The quantitative estimate of drug-likeness (QED) is 0.248. The number of benzene rings is 3. The predicted molar refractivity (Wildman–Crippen MR) is 148 cm³/mol. The van der Waals surface area contributed by atoms with Crippen LogP contribution in [0.25, 0.3) is 11.3 Å². The van der Waals surface area contributed by atoms with Gasteiger partial charge in [0.15, 0.2) is 0 Å². The van der Waals surface area contributed by atoms with E-state index in [1.165, 1.54) is 11.0 Å². The number of halogens is 1. The highest BCUT2D eigenvalue weighted by Gasteiger charge is 2.46. The molecule has 4 aromatic rings. The fourth-order valence-electron chi connectivity index (χ4n) is 5.12. The summed E-state index contributed by atoms with van der Waals surface area (Å²) < 4.78 is 20.3. The van der Waals surface area contributed by atoms with Gasteiger partial charge in [0.05, 0.1) is 12.3 Å². The van der Waals surface area contributed by atoms with Gasteiger partial charge in [-0.15, -0.1) is 0 Å². The summed E-state index contributed by atoms with van der Waals surface area (Å²) in [5, 5.41) is 11.8. The molecule has 9 heteroatoms. The van der Waals surface area contributed by atoms with Crippen LogP contribution in [0.2, 0.25) is 0 Å². The summed E-state index contributed by atoms with van der Waals surface area (Å²) in [5.41, 5.74) is 3.71. The average Bonchev–Trinajstić information content (AvgIpc) is 3.47. The van der Waals surface area contributed by atoms with Gasteiger partial charge in [-0.05, 0) is 54.8 Å². The van der Waals surface area contributed by atoms with Crippen molar-refractivity contribution in [2.24, 2.45) is 0 Å². The van der Waals surface area contributed by atoms with Crippen molar-refractivity contribution in [3.05, 3.63) is 107 Å². The molecule has 3 atom stereocenters. The molecular formula is C31H31FN4O4. The summed E-state index contributed by atoms with van der Waals surface area (Å²) in [6.45, 7) is 5.59. The normalized spacial score (nSPS) is 16.6. The van der Waals surface area contributed by atoms with Crippen LogP contribution in [0.5, 0.6) is 5.75 Å². The summed E-state index contributed by atoms with van der Waals surface area (Å²) in [7, 11) is 0. The summed E-state index contributed by atoms with van der Waals surface area (Å²) in [6.07, 6.45) is 0. The molecule has 206 valence electrons. The Labute approximate surface area is 231 Å². The Morgan fingerprint density at radius 3 is 2.45 bits per heavy atom. The molecule has 1 aromatic heterocycles. The van der Waals surface area contributed by atoms with Gasteiger partial charge in [-0.25, -0.2) is 14.2 Å². The van der Waals surface area contributed by atoms with Crippen LogP contribution in [0, 0.1) is 19.7 Å². The van der Waals surface area contributed by atoms with E-state index in [2.05, 4.69) is 10.3 Å². The lowest BCUT2D eigenvalue weighted by atomic mass is 9.91. The Balaban J connectivity index is 1.53. The first kappa shape index (κ1) is 27.1. The Hall–Kier alpha value is -4.50. The number of nitrogens with one attached hydrogen (secondary N) is 2. The maximum Gasteiger partial charge on any atom is 0.325 e. The third-order valence-corrected chi connectivity index (χ3v) is 7.18. The predicted octanol–water partition coefficient (Wildman–Crippen LogP) is 5.34. The molecule has 3 aromatic carbocycles. The highest BCUT2D eigenvalue weighted by atomic mass is 19.1. The van der Waals surface area contributed by atoms with Crippen molar-refractivity contribution in [2.75, 3.05) is 13.2 Å². The topological polar surface area (TPSA) is 108 Å². The number of aliphatic hydroxyl groups is 1. The van der Waals surface area contributed by atoms with E-state index in [4.69, 9.17) is 14.8 Å². The zero-order chi connectivity index (χ0) is 28.4. The lowest BCUT2D eigenvalue weighted by Gasteiger charge is -2.29. The number of aromatic nitrogens is 2. The van der Waals surface area contributed by atoms with Crippen molar-refractivity contribution >= 4 is 11.9 Å². The smallest absolute Gasteiger partial charge is 0.325 e. The molecular weight excluding hydrogens is 511 g/mol. The van der Waals surface area contributed by atoms with Crippen molar-refractivity contribution in [1.82, 2.24) is 20.2 Å². The molecule has 0 bridgehead atoms. The highest BCUT2D eigenvalue weighted by Crippen LogP contribution is 2.40. The number of aryl methyl sites for hydroxylation is 2. The molecule has 1 fully saturated rings. The Bertz CT molecular complexity index is 1520. The van der Waals surface area contributed by atoms with E-state index >= 15 is 0 Å². The van der Waals surface area contributed by atoms with Crippen molar-refractivity contribution in [1.29, 1.82) is 0 Å². The first-order valence-corrected chi connectivity index (χ1v) is 13.1. The molecule has 40 heavy (non-hydrogen) atoms. The number of aliphatic hydroxyl groups excluding tert-OH is 1. The Kier molecular flexibility index (Phi) is 7.66. The summed E-state index contributed by atoms with van der Waals surface area (Å²) in [6, 6.07) is 19.1. The molecule has 1 saturated heterocycles. The van der Waals surface area contributed by atoms with Crippen LogP contribution in [-0.2, 0) is 4.79 Å². The van der Waals surface area contributed by atoms with Crippen LogP contribution < -0.4 is 10.1 Å². The number of amides is 3. The molecule has 5 rings (SSSR count). The monoisotopic (exact) mass is 542 g/mol. The second kappa shape index (κ2) is 11.3. The molecule has 1 aliphatic rings. The van der Waals surface area contributed by atoms with Gasteiger partial charge < -0.3 is 20.1 Å². The van der Waals surface area contributed by atoms with Crippen molar-refractivity contribution in [3.8, 4) is 17.0 Å². The minimum Gasteiger partial charge on any atom is -0.491 e. The highest BCUT2D eigenvalue weighted by molar-refractivity contribution is 6.05. The number of carbonyl (C=O) groups is 2. The van der Waals surface area contributed by atoms with Crippen molar-refractivity contribution in [3.63, 3.8) is 0 Å². The summed E-state index contributed by atoms with van der Waals surface area (Å²) in [4.78, 5) is 36.5. The summed E-state index contributed by atoms with van der Waals surface area (Å²) >= 11 is 0. The molecule has 3 amide bonds. The number of rotatable bonds is 9. The lowest BCUT2D eigenvalue weighted by Crippen LogP contribution is -2.38. The molecule has 8 nitrogen and oxygen atoms in total. The van der Waals surface area contributed by atoms with Crippen LogP contribution >= 0.6 is 0 Å². The lowest BCUT2D eigenvalue weighted by molar-refractivity contribution is -0.129. The molecule has 0 saturated carbocycles. The van der Waals surface area contributed by atoms with Gasteiger partial charge in [-0.1, -0.05) is 55.5 Å². The molecule has 0 spiro atoms. The average molecular weight is 543 g/mol. The number of imidazole rings is 1. The van der Waals surface area contributed by atoms with Gasteiger partial charge in [0.25, 0.3) is 5.91 Å². The largest absolute Gasteiger partial charge is 0.491 e. The van der Waals surface area contributed by atoms with E-state index in [9.17, 15) is 14.0 Å². The fraction of sp³-hybridized carbons (Fsp3) is 0.258. The van der Waals surface area contributed by atoms with E-state index < -0.39 is 29.8 Å². The Morgan fingerprint density at radius 2 is 1.77 bits per heavy atom. The molecule has 2 heterocycles. The zero-order valence-corrected chi connectivity index (χ0v) is 22.5. The van der Waals surface area contributed by atoms with Crippen molar-refractivity contribution in [2.45, 2.75) is 38.8 Å². The van der Waals surface area contributed by atoms with Gasteiger partial charge in [0.2, 0.25) is 0 Å². The van der Waals surface area contributed by atoms with E-state index in [0.717, 1.165) is 11.1 Å². The number of carbonyl (C=O) groups excluding carboxylic acids is 2. The number of imide groups is 1. The van der Waals surface area contributed by atoms with Gasteiger partial charge in [0, 0.05) is 17.2 Å². The molecule has 0 radical (unpaired) electrons. The molecule has 0 aliphatic carbocycles. The maximum atomic E-state index is 14.9. The minimum atomic E-state index is -0.894. The van der Waals surface area contributed by atoms with Crippen LogP contribution in [0.15, 0.2) is 72.8 Å². The standard InChI is InChI=1S/C31H31FN4O4/c1-18-9-14-24(25(32)17-18)26-20(3)33-29(34-26)28(19(2)21-7-5-4-6-8-21)36-30(38)27(35-31(36)39)22-10-12-23(13-11-22)40-16-15-37/h4-14,17,19,27-28,37H,15-16H2,1-3H3,(H,33,34)(H,35,39)/t19?,27-,28?/m1/s1. The third kappa shape index (κ3) is 5.20. The third-order valence-electron chi connectivity index (χ3n) is 7.18. The SMILES string of the molecule is Cc1ccc(-c2nc(C(C(C)c3ccccc3)N3C(=O)N[C@H](c4ccc(OCCO)cc4)C3=O)[nH]c2C)c(F)c1. The van der Waals surface area contributed by atoms with Crippen LogP contribution in [-0.4, -0.2) is 45.1 Å². The number of hydrogen-bond donors (Lipinski definition) is 3. The van der Waals surface area contributed by atoms with Crippen LogP contribution in [0.1, 0.15) is 53.1 Å². The first-order chi connectivity index (χ1) is 19.3. The number of ether oxygens (including phenoxy) is 1. The van der Waals surface area contributed by atoms with Crippen LogP contribution in [0.4, 0.5) is 9.18 Å². The van der Waals surface area contributed by atoms with E-state index in [0.29, 0.717) is 34.1 Å². The van der Waals surface area contributed by atoms with Gasteiger partial charge in [-0.2, -0.15) is 0 Å². The molecule has 1 aliphatic heterocycles. The van der Waals surface area contributed by atoms with Gasteiger partial charge in [-0.3, -0.25) is 9.69 Å². The minimum absolute atomic E-state index is 0.112. The summed E-state index contributed by atoms with van der Waals surface area (Å²) in [5.74, 6) is -0.205. The number of hydrogen-bond acceptors (Lipinski definition) is 5. The number of urea groups is 1. The second-order valence-electron chi connectivity index (χ2n) is 9.95. The fourth-order valence-corrected chi connectivity index (χ4v) is 5.12. The zero-order valence-electron chi connectivity index (χ0n) is 22.5. The molecule has 2 unspecified atom stereocenters. The van der Waals surface area contributed by atoms with Crippen molar-refractivity contribution < 1.29 is 23.8 Å². The molecule has 3 N–H and O–H groups in total. The Morgan fingerprint density at radius 1 is 1.05 bits per heavy atom. The number of nitrogens with zero attached hydrogens (tertiary/aromatic N) is 2. The second-order valence-corrected chi connectivity index (χ2v) is 9.95. The van der Waals surface area contributed by atoms with E-state index in [-0.39, 0.29) is 19.1 Å². The van der Waals surface area contributed by atoms with Gasteiger partial charge in [0.1, 0.15) is 36.1 Å². The maximum absolute atomic E-state index is 14.9. The first-order valence-electron chi connectivity index (χ1n) is 13.1. The van der Waals surface area contributed by atoms with Gasteiger partial charge >= 0.3 is 6.03 Å². The number of H-pyrrole nitrogens is 1. The van der Waals surface area contributed by atoms with E-state index in [1.807, 2.05) is 50.2 Å². The van der Waals surface area contributed by atoms with E-state index in [1.54, 1.807) is 37.3 Å². The van der Waals surface area contributed by atoms with Crippen LogP contribution in [0.3, 0.4) is 0 Å². The number of aromatic amines is 1.